The Labute approximate surface area is 178 Å². The Bertz CT molecular complexity index is 975. The van der Waals surface area contributed by atoms with Crippen LogP contribution in [0, 0.1) is 0 Å². The van der Waals surface area contributed by atoms with E-state index in [0.29, 0.717) is 26.2 Å². The number of halogens is 2. The number of nitrogens with zero attached hydrogens (tertiary/aromatic N) is 4. The quantitative estimate of drug-likeness (QED) is 0.663. The molecule has 7 nitrogen and oxygen atoms in total. The van der Waals surface area contributed by atoms with Crippen LogP contribution in [-0.4, -0.2) is 68.8 Å². The third-order valence-electron chi connectivity index (χ3n) is 4.55. The van der Waals surface area contributed by atoms with Crippen molar-refractivity contribution in [1.29, 1.82) is 0 Å². The van der Waals surface area contributed by atoms with Crippen molar-refractivity contribution in [3.05, 3.63) is 51.6 Å². The fourth-order valence-corrected chi connectivity index (χ4v) is 4.26. The largest absolute Gasteiger partial charge is 0.353 e. The Hall–Kier alpha value is -1.68. The number of carbonyl (C=O) groups excluding carboxylic acids is 1. The molecule has 0 atom stereocenters. The minimum Gasteiger partial charge on any atom is -0.353 e. The number of hydrogen-bond acceptors (Lipinski definition) is 5. The van der Waals surface area contributed by atoms with Gasteiger partial charge in [-0.25, -0.2) is 17.7 Å². The van der Waals surface area contributed by atoms with Crippen LogP contribution in [0.3, 0.4) is 0 Å². The van der Waals surface area contributed by atoms with Crippen molar-refractivity contribution >= 4 is 49.3 Å². The number of amides is 1. The summed E-state index contributed by atoms with van der Waals surface area (Å²) in [5, 5.41) is 0.236. The van der Waals surface area contributed by atoms with E-state index in [-0.39, 0.29) is 21.4 Å². The lowest BCUT2D eigenvalue weighted by molar-refractivity contribution is 0.0746. The Morgan fingerprint density at radius 3 is 2.39 bits per heavy atom. The summed E-state index contributed by atoms with van der Waals surface area (Å²) < 4.78 is 26.7. The number of rotatable bonds is 4. The van der Waals surface area contributed by atoms with Crippen molar-refractivity contribution in [2.75, 3.05) is 45.2 Å². The molecule has 1 aliphatic rings. The molecule has 150 valence electrons. The Balaban J connectivity index is 1.76. The fourth-order valence-electron chi connectivity index (χ4n) is 2.90. The van der Waals surface area contributed by atoms with Gasteiger partial charge < -0.3 is 9.80 Å². The second-order valence-corrected chi connectivity index (χ2v) is 10.0. The molecule has 0 saturated carbocycles. The van der Waals surface area contributed by atoms with Gasteiger partial charge in [0.2, 0.25) is 10.0 Å². The minimum absolute atomic E-state index is 0.0444. The summed E-state index contributed by atoms with van der Waals surface area (Å²) in [7, 11) is -0.755. The molecule has 1 fully saturated rings. The van der Waals surface area contributed by atoms with Gasteiger partial charge in [-0.2, -0.15) is 0 Å². The Morgan fingerprint density at radius 1 is 1.14 bits per heavy atom. The van der Waals surface area contributed by atoms with Crippen LogP contribution in [0.2, 0.25) is 5.02 Å². The predicted molar refractivity (Wildman–Crippen MR) is 112 cm³/mol. The van der Waals surface area contributed by atoms with Crippen molar-refractivity contribution in [3.63, 3.8) is 0 Å². The molecule has 1 aromatic heterocycles. The molecule has 2 aromatic rings. The number of carbonyl (C=O) groups is 1. The topological polar surface area (TPSA) is 73.8 Å². The third kappa shape index (κ3) is 4.32. The average molecular weight is 488 g/mol. The van der Waals surface area contributed by atoms with Crippen molar-refractivity contribution in [2.24, 2.45) is 0 Å². The standard InChI is InChI=1S/C18H20BrClN4O3S/c1-22(2)28(26,27)14-4-5-16(20)15(11-14)18(25)24-9-7-23(8-10-24)17-6-3-13(19)12-21-17/h3-6,11-12H,7-10H2,1-2H3. The molecule has 0 unspecified atom stereocenters. The van der Waals surface area contributed by atoms with Gasteiger partial charge in [0.05, 0.1) is 15.5 Å². The molecular formula is C18H20BrClN4O3S. The van der Waals surface area contributed by atoms with E-state index in [0.717, 1.165) is 14.6 Å². The van der Waals surface area contributed by atoms with Gasteiger partial charge in [0, 0.05) is 50.9 Å². The van der Waals surface area contributed by atoms with Crippen LogP contribution in [0.25, 0.3) is 0 Å². The molecule has 0 aliphatic carbocycles. The highest BCUT2D eigenvalue weighted by Crippen LogP contribution is 2.24. The van der Waals surface area contributed by atoms with Crippen LogP contribution in [0.4, 0.5) is 5.82 Å². The maximum absolute atomic E-state index is 13.0. The van der Waals surface area contributed by atoms with E-state index in [2.05, 4.69) is 25.8 Å². The van der Waals surface area contributed by atoms with Crippen LogP contribution in [-0.2, 0) is 10.0 Å². The Kier molecular flexibility index (Phi) is 6.28. The van der Waals surface area contributed by atoms with Gasteiger partial charge in [-0.05, 0) is 46.3 Å². The summed E-state index contributed by atoms with van der Waals surface area (Å²) >= 11 is 9.57. The molecule has 1 saturated heterocycles. The first-order chi connectivity index (χ1) is 13.2. The Morgan fingerprint density at radius 2 is 1.82 bits per heavy atom. The molecule has 2 heterocycles. The van der Waals surface area contributed by atoms with Gasteiger partial charge in [0.1, 0.15) is 5.82 Å². The highest BCUT2D eigenvalue weighted by molar-refractivity contribution is 9.10. The fraction of sp³-hybridized carbons (Fsp3) is 0.333. The molecule has 0 radical (unpaired) electrons. The van der Waals surface area contributed by atoms with Crippen molar-refractivity contribution in [3.8, 4) is 0 Å². The zero-order valence-electron chi connectivity index (χ0n) is 15.5. The highest BCUT2D eigenvalue weighted by Gasteiger charge is 2.26. The number of piperazine rings is 1. The normalized spacial score (nSPS) is 15.2. The molecule has 1 aliphatic heterocycles. The molecule has 1 amide bonds. The van der Waals surface area contributed by atoms with E-state index in [4.69, 9.17) is 11.6 Å². The zero-order valence-corrected chi connectivity index (χ0v) is 18.6. The molecular weight excluding hydrogens is 468 g/mol. The van der Waals surface area contributed by atoms with E-state index < -0.39 is 10.0 Å². The lowest BCUT2D eigenvalue weighted by atomic mass is 10.1. The number of benzene rings is 1. The molecule has 3 rings (SSSR count). The second kappa shape index (κ2) is 8.36. The summed E-state index contributed by atoms with van der Waals surface area (Å²) in [4.78, 5) is 21.2. The molecule has 10 heteroatoms. The lowest BCUT2D eigenvalue weighted by Crippen LogP contribution is -2.49. The number of hydrogen-bond donors (Lipinski definition) is 0. The third-order valence-corrected chi connectivity index (χ3v) is 7.16. The van der Waals surface area contributed by atoms with Crippen molar-refractivity contribution in [2.45, 2.75) is 4.90 Å². The number of anilines is 1. The SMILES string of the molecule is CN(C)S(=O)(=O)c1ccc(Cl)c(C(=O)N2CCN(c3ccc(Br)cn3)CC2)c1. The molecule has 0 bridgehead atoms. The number of aromatic nitrogens is 1. The van der Waals surface area contributed by atoms with Gasteiger partial charge in [-0.1, -0.05) is 11.6 Å². The average Bonchev–Trinajstić information content (AvgIpc) is 2.68. The highest BCUT2D eigenvalue weighted by atomic mass is 79.9. The number of sulfonamides is 1. The van der Waals surface area contributed by atoms with Crippen LogP contribution in [0.5, 0.6) is 0 Å². The van der Waals surface area contributed by atoms with Gasteiger partial charge >= 0.3 is 0 Å². The zero-order chi connectivity index (χ0) is 20.5. The van der Waals surface area contributed by atoms with Crippen LogP contribution in [0.1, 0.15) is 10.4 Å². The number of pyridine rings is 1. The van der Waals surface area contributed by atoms with Gasteiger partial charge in [-0.15, -0.1) is 0 Å². The van der Waals surface area contributed by atoms with Gasteiger partial charge in [0.25, 0.3) is 5.91 Å². The van der Waals surface area contributed by atoms with E-state index in [9.17, 15) is 13.2 Å². The molecule has 28 heavy (non-hydrogen) atoms. The van der Waals surface area contributed by atoms with Crippen LogP contribution >= 0.6 is 27.5 Å². The monoisotopic (exact) mass is 486 g/mol. The summed E-state index contributed by atoms with van der Waals surface area (Å²) in [6.45, 7) is 2.26. The molecule has 0 N–H and O–H groups in total. The minimum atomic E-state index is -3.65. The first kappa shape index (κ1) is 21.0. The molecule has 0 spiro atoms. The first-order valence-electron chi connectivity index (χ1n) is 8.58. The van der Waals surface area contributed by atoms with Gasteiger partial charge in [-0.3, -0.25) is 4.79 Å². The van der Waals surface area contributed by atoms with E-state index in [1.165, 1.54) is 32.3 Å². The van der Waals surface area contributed by atoms with Crippen molar-refractivity contribution in [1.82, 2.24) is 14.2 Å². The smallest absolute Gasteiger partial charge is 0.255 e. The maximum atomic E-state index is 13.0. The predicted octanol–water partition coefficient (Wildman–Crippen LogP) is 2.71. The van der Waals surface area contributed by atoms with E-state index >= 15 is 0 Å². The van der Waals surface area contributed by atoms with E-state index in [1.54, 1.807) is 11.1 Å². The molecule has 1 aromatic carbocycles. The second-order valence-electron chi connectivity index (χ2n) is 6.54. The van der Waals surface area contributed by atoms with Crippen molar-refractivity contribution < 1.29 is 13.2 Å². The summed E-state index contributed by atoms with van der Waals surface area (Å²) in [5.41, 5.74) is 0.194. The van der Waals surface area contributed by atoms with Crippen LogP contribution < -0.4 is 4.90 Å². The lowest BCUT2D eigenvalue weighted by Gasteiger charge is -2.35. The summed E-state index contributed by atoms with van der Waals surface area (Å²) in [6.07, 6.45) is 1.74. The van der Waals surface area contributed by atoms with E-state index in [1.807, 2.05) is 12.1 Å². The maximum Gasteiger partial charge on any atom is 0.255 e. The first-order valence-corrected chi connectivity index (χ1v) is 11.2. The summed E-state index contributed by atoms with van der Waals surface area (Å²) in [5.74, 6) is 0.580. The van der Waals surface area contributed by atoms with Gasteiger partial charge in [0.15, 0.2) is 0 Å². The summed E-state index contributed by atoms with van der Waals surface area (Å²) in [6, 6.07) is 8.06. The van der Waals surface area contributed by atoms with Crippen LogP contribution in [0.15, 0.2) is 45.9 Å².